The lowest BCUT2D eigenvalue weighted by molar-refractivity contribution is -0.384. The average Bonchev–Trinajstić information content (AvgIpc) is 2.35. The Kier molecular flexibility index (Phi) is 4.21. The van der Waals surface area contributed by atoms with Crippen LogP contribution in [0.15, 0.2) is 24.3 Å². The highest BCUT2D eigenvalue weighted by Gasteiger charge is 2.12. The molecule has 90 valence electrons. The molecule has 0 saturated heterocycles. The summed E-state index contributed by atoms with van der Waals surface area (Å²) in [5.41, 5.74) is 0.936. The van der Waals surface area contributed by atoms with Crippen molar-refractivity contribution in [1.29, 1.82) is 0 Å². The highest BCUT2D eigenvalue weighted by atomic mass is 16.6. The van der Waals surface area contributed by atoms with Crippen molar-refractivity contribution in [2.45, 2.75) is 0 Å². The first-order valence-corrected chi connectivity index (χ1v) is 4.80. The lowest BCUT2D eigenvalue weighted by Crippen LogP contribution is -1.97. The van der Waals surface area contributed by atoms with E-state index >= 15 is 0 Å². The summed E-state index contributed by atoms with van der Waals surface area (Å²) in [6.45, 7) is 0. The molecule has 0 atom stereocenters. The summed E-state index contributed by atoms with van der Waals surface area (Å²) in [6, 6.07) is 4.62. The molecule has 0 unspecified atom stereocenters. The Hall–Kier alpha value is -2.37. The number of methoxy groups -OCH3 is 1. The number of esters is 1. The summed E-state index contributed by atoms with van der Waals surface area (Å²) < 4.78 is 4.42. The predicted molar refractivity (Wildman–Crippen MR) is 63.7 cm³/mol. The molecule has 1 N–H and O–H groups in total. The van der Waals surface area contributed by atoms with Crippen LogP contribution in [0.5, 0.6) is 0 Å². The third-order valence-electron chi connectivity index (χ3n) is 2.10. The number of anilines is 1. The number of ether oxygens (including phenoxy) is 1. The number of rotatable bonds is 4. The van der Waals surface area contributed by atoms with E-state index in [1.54, 1.807) is 19.2 Å². The van der Waals surface area contributed by atoms with Gasteiger partial charge in [0.2, 0.25) is 0 Å². The van der Waals surface area contributed by atoms with Gasteiger partial charge >= 0.3 is 5.97 Å². The number of nitro groups is 1. The van der Waals surface area contributed by atoms with E-state index in [-0.39, 0.29) is 5.69 Å². The zero-order valence-corrected chi connectivity index (χ0v) is 9.47. The van der Waals surface area contributed by atoms with Gasteiger partial charge in [0.05, 0.1) is 12.0 Å². The number of carbonyl (C=O) groups is 1. The van der Waals surface area contributed by atoms with Crippen LogP contribution in [0, 0.1) is 10.1 Å². The minimum absolute atomic E-state index is 0.0421. The molecule has 0 amide bonds. The highest BCUT2D eigenvalue weighted by molar-refractivity contribution is 5.87. The molecule has 6 heteroatoms. The number of hydrogen-bond donors (Lipinski definition) is 1. The average molecular weight is 236 g/mol. The van der Waals surface area contributed by atoms with Crippen LogP contribution in [0.3, 0.4) is 0 Å². The molecular weight excluding hydrogens is 224 g/mol. The molecule has 1 aromatic rings. The van der Waals surface area contributed by atoms with Gasteiger partial charge in [-0.3, -0.25) is 10.1 Å². The van der Waals surface area contributed by atoms with Crippen molar-refractivity contribution in [2.24, 2.45) is 0 Å². The van der Waals surface area contributed by atoms with E-state index in [4.69, 9.17) is 0 Å². The summed E-state index contributed by atoms with van der Waals surface area (Å²) in [7, 11) is 2.87. The second-order valence-electron chi connectivity index (χ2n) is 3.14. The van der Waals surface area contributed by atoms with Crippen molar-refractivity contribution in [3.63, 3.8) is 0 Å². The maximum absolute atomic E-state index is 10.9. The monoisotopic (exact) mass is 236 g/mol. The minimum Gasteiger partial charge on any atom is -0.466 e. The molecule has 0 fully saturated rings. The third kappa shape index (κ3) is 3.30. The Morgan fingerprint density at radius 1 is 1.53 bits per heavy atom. The van der Waals surface area contributed by atoms with Crippen LogP contribution in [0.25, 0.3) is 6.08 Å². The van der Waals surface area contributed by atoms with E-state index in [9.17, 15) is 14.9 Å². The Morgan fingerprint density at radius 2 is 2.24 bits per heavy atom. The Morgan fingerprint density at radius 3 is 2.76 bits per heavy atom. The summed E-state index contributed by atoms with van der Waals surface area (Å²) in [5, 5.41) is 13.5. The normalized spacial score (nSPS) is 10.2. The topological polar surface area (TPSA) is 81.5 Å². The van der Waals surface area contributed by atoms with Gasteiger partial charge in [-0.2, -0.15) is 0 Å². The number of nitrogens with one attached hydrogen (secondary N) is 1. The van der Waals surface area contributed by atoms with Gasteiger partial charge < -0.3 is 10.1 Å². The number of hydrogen-bond acceptors (Lipinski definition) is 5. The summed E-state index contributed by atoms with van der Waals surface area (Å²) >= 11 is 0. The molecule has 0 saturated carbocycles. The van der Waals surface area contributed by atoms with Crippen molar-refractivity contribution < 1.29 is 14.5 Å². The van der Waals surface area contributed by atoms with Crippen molar-refractivity contribution >= 4 is 23.4 Å². The summed E-state index contributed by atoms with van der Waals surface area (Å²) in [5.74, 6) is -0.509. The van der Waals surface area contributed by atoms with Gasteiger partial charge in [-0.05, 0) is 17.7 Å². The molecule has 0 bridgehead atoms. The fourth-order valence-electron chi connectivity index (χ4n) is 1.25. The van der Waals surface area contributed by atoms with Crippen molar-refractivity contribution in [3.05, 3.63) is 40.0 Å². The molecule has 0 aromatic heterocycles. The van der Waals surface area contributed by atoms with E-state index in [1.807, 2.05) is 0 Å². The fourth-order valence-corrected chi connectivity index (χ4v) is 1.25. The van der Waals surface area contributed by atoms with E-state index < -0.39 is 10.9 Å². The fraction of sp³-hybridized carbons (Fsp3) is 0.182. The zero-order valence-electron chi connectivity index (χ0n) is 9.47. The van der Waals surface area contributed by atoms with Crippen LogP contribution in [0.2, 0.25) is 0 Å². The van der Waals surface area contributed by atoms with Crippen molar-refractivity contribution in [1.82, 2.24) is 0 Å². The van der Waals surface area contributed by atoms with Crippen molar-refractivity contribution in [3.8, 4) is 0 Å². The standard InChI is InChI=1S/C11H12N2O4/c1-12-9-5-3-8(4-6-11(14)17-2)7-10(9)13(15)16/h3-7,12H,1-2H3. The molecular formula is C11H12N2O4. The largest absolute Gasteiger partial charge is 0.466 e. The second kappa shape index (κ2) is 5.64. The van der Waals surface area contributed by atoms with E-state index in [0.717, 1.165) is 0 Å². The first-order valence-electron chi connectivity index (χ1n) is 4.80. The van der Waals surface area contributed by atoms with Crippen LogP contribution in [0.1, 0.15) is 5.56 Å². The van der Waals surface area contributed by atoms with Gasteiger partial charge in [-0.25, -0.2) is 4.79 Å². The van der Waals surface area contributed by atoms with Gasteiger partial charge in [0.15, 0.2) is 0 Å². The van der Waals surface area contributed by atoms with Gasteiger partial charge in [-0.15, -0.1) is 0 Å². The number of benzene rings is 1. The van der Waals surface area contributed by atoms with E-state index in [0.29, 0.717) is 11.3 Å². The van der Waals surface area contributed by atoms with Crippen LogP contribution in [-0.4, -0.2) is 25.1 Å². The molecule has 0 aliphatic carbocycles. The zero-order chi connectivity index (χ0) is 12.8. The van der Waals surface area contributed by atoms with Crippen LogP contribution in [0.4, 0.5) is 11.4 Å². The van der Waals surface area contributed by atoms with Gasteiger partial charge in [0.25, 0.3) is 5.69 Å². The number of nitro benzene ring substituents is 1. The van der Waals surface area contributed by atoms with Crippen LogP contribution < -0.4 is 5.32 Å². The molecule has 1 rings (SSSR count). The second-order valence-corrected chi connectivity index (χ2v) is 3.14. The molecule has 0 spiro atoms. The molecule has 0 radical (unpaired) electrons. The smallest absolute Gasteiger partial charge is 0.330 e. The minimum atomic E-state index is -0.509. The lowest BCUT2D eigenvalue weighted by Gasteiger charge is -2.02. The Labute approximate surface area is 98.0 Å². The first kappa shape index (κ1) is 12.7. The summed E-state index contributed by atoms with van der Waals surface area (Å²) in [6.07, 6.45) is 2.66. The Balaban J connectivity index is 3.04. The van der Waals surface area contributed by atoms with E-state index in [1.165, 1.54) is 25.3 Å². The van der Waals surface area contributed by atoms with Crippen LogP contribution >= 0.6 is 0 Å². The number of carbonyl (C=O) groups excluding carboxylic acids is 1. The molecule has 6 nitrogen and oxygen atoms in total. The van der Waals surface area contributed by atoms with Gasteiger partial charge in [0.1, 0.15) is 5.69 Å². The molecule has 0 aliphatic heterocycles. The predicted octanol–water partition coefficient (Wildman–Crippen LogP) is 1.82. The first-order chi connectivity index (χ1) is 8.08. The molecule has 0 heterocycles. The SMILES string of the molecule is CNc1ccc(C=CC(=O)OC)cc1[N+](=O)[O-]. The van der Waals surface area contributed by atoms with E-state index in [2.05, 4.69) is 10.1 Å². The number of nitrogens with zero attached hydrogens (tertiary/aromatic N) is 1. The quantitative estimate of drug-likeness (QED) is 0.373. The Bertz CT molecular complexity index is 469. The lowest BCUT2D eigenvalue weighted by atomic mass is 10.1. The third-order valence-corrected chi connectivity index (χ3v) is 2.10. The van der Waals surface area contributed by atoms with Gasteiger partial charge in [0, 0.05) is 19.2 Å². The van der Waals surface area contributed by atoms with Gasteiger partial charge in [-0.1, -0.05) is 6.07 Å². The molecule has 17 heavy (non-hydrogen) atoms. The maximum Gasteiger partial charge on any atom is 0.330 e. The molecule has 1 aromatic carbocycles. The summed E-state index contributed by atoms with van der Waals surface area (Å²) in [4.78, 5) is 21.2. The highest BCUT2D eigenvalue weighted by Crippen LogP contribution is 2.25. The van der Waals surface area contributed by atoms with Crippen LogP contribution in [-0.2, 0) is 9.53 Å². The molecule has 0 aliphatic rings. The van der Waals surface area contributed by atoms with Crippen molar-refractivity contribution in [2.75, 3.05) is 19.5 Å². The maximum atomic E-state index is 10.9.